The number of benzene rings is 1. The number of hydrogen-bond acceptors (Lipinski definition) is 7. The first-order valence-electron chi connectivity index (χ1n) is 11.2. The quantitative estimate of drug-likeness (QED) is 0.332. The third-order valence-electron chi connectivity index (χ3n) is 5.37. The molecule has 0 atom stereocenters. The molecule has 4 rings (SSSR count). The molecule has 11 heteroatoms. The molecule has 6 nitrogen and oxygen atoms in total. The number of nitrogens with one attached hydrogen (secondary N) is 1. The molecule has 1 aromatic carbocycles. The van der Waals surface area contributed by atoms with Gasteiger partial charge in [0.15, 0.2) is 10.3 Å². The van der Waals surface area contributed by atoms with Crippen LogP contribution < -0.4 is 10.1 Å². The number of nitrogens with zero attached hydrogens (tertiary/aromatic N) is 3. The van der Waals surface area contributed by atoms with Gasteiger partial charge in [0.1, 0.15) is 18.0 Å². The van der Waals surface area contributed by atoms with Gasteiger partial charge in [0, 0.05) is 16.5 Å². The second kappa shape index (κ2) is 10.8. The zero-order valence-electron chi connectivity index (χ0n) is 18.7. The number of hydrogen-bond donors (Lipinski definition) is 1. The maximum absolute atomic E-state index is 13.7. The maximum atomic E-state index is 13.7. The smallest absolute Gasteiger partial charge is 0.420 e. The van der Waals surface area contributed by atoms with Gasteiger partial charge in [-0.25, -0.2) is 4.98 Å². The number of thiazole rings is 1. The van der Waals surface area contributed by atoms with E-state index in [1.54, 1.807) is 16.3 Å². The lowest BCUT2D eigenvalue weighted by Crippen LogP contribution is -2.21. The molecule has 0 saturated carbocycles. The van der Waals surface area contributed by atoms with Crippen molar-refractivity contribution < 1.29 is 22.7 Å². The number of aliphatic imine (C=N–C) groups is 1. The summed E-state index contributed by atoms with van der Waals surface area (Å²) in [5.41, 5.74) is 0.850. The maximum Gasteiger partial charge on any atom is 0.420 e. The molecule has 2 aromatic rings. The molecule has 2 aliphatic heterocycles. The summed E-state index contributed by atoms with van der Waals surface area (Å²) in [6, 6.07) is 3.96. The molecule has 182 valence electrons. The number of alkyl halides is 3. The van der Waals surface area contributed by atoms with Gasteiger partial charge in [0.05, 0.1) is 17.9 Å². The van der Waals surface area contributed by atoms with Crippen LogP contribution in [0.4, 0.5) is 24.0 Å². The summed E-state index contributed by atoms with van der Waals surface area (Å²) in [5.74, 6) is -0.370. The first-order valence-corrected chi connectivity index (χ1v) is 12.9. The second-order valence-electron chi connectivity index (χ2n) is 7.98. The largest absolute Gasteiger partial charge is 0.493 e. The number of aromatic nitrogens is 1. The number of thioether (sulfide) groups is 1. The van der Waals surface area contributed by atoms with Crippen molar-refractivity contribution >= 4 is 50.7 Å². The number of amidine groups is 1. The molecular formula is C23H25F3N4O2S2. The van der Waals surface area contributed by atoms with E-state index in [0.29, 0.717) is 16.0 Å². The van der Waals surface area contributed by atoms with Crippen molar-refractivity contribution in [3.63, 3.8) is 0 Å². The number of halogens is 3. The molecule has 2 aliphatic rings. The summed E-state index contributed by atoms with van der Waals surface area (Å²) in [5, 5.41) is 7.68. The van der Waals surface area contributed by atoms with Gasteiger partial charge in [-0.3, -0.25) is 4.79 Å². The van der Waals surface area contributed by atoms with Crippen LogP contribution in [0.2, 0.25) is 0 Å². The Morgan fingerprint density at radius 3 is 2.76 bits per heavy atom. The van der Waals surface area contributed by atoms with E-state index in [9.17, 15) is 18.0 Å². The first-order chi connectivity index (χ1) is 16.3. The van der Waals surface area contributed by atoms with Gasteiger partial charge in [-0.2, -0.15) is 18.2 Å². The Kier molecular flexibility index (Phi) is 7.82. The lowest BCUT2D eigenvalue weighted by Gasteiger charge is -2.16. The topological polar surface area (TPSA) is 66.8 Å². The summed E-state index contributed by atoms with van der Waals surface area (Å²) in [4.78, 5) is 21.8. The van der Waals surface area contributed by atoms with E-state index in [0.717, 1.165) is 43.9 Å². The highest BCUT2D eigenvalue weighted by atomic mass is 32.2. The average molecular weight is 511 g/mol. The Morgan fingerprint density at radius 1 is 1.18 bits per heavy atom. The van der Waals surface area contributed by atoms with E-state index in [4.69, 9.17) is 4.74 Å². The van der Waals surface area contributed by atoms with Crippen molar-refractivity contribution in [2.75, 3.05) is 18.5 Å². The normalized spacial score (nSPS) is 15.4. The molecule has 1 amide bonds. The van der Waals surface area contributed by atoms with Crippen molar-refractivity contribution in [3.8, 4) is 5.75 Å². The summed E-state index contributed by atoms with van der Waals surface area (Å²) < 4.78 is 46.5. The van der Waals surface area contributed by atoms with Gasteiger partial charge in [0.2, 0.25) is 0 Å². The minimum Gasteiger partial charge on any atom is -0.493 e. The molecule has 3 heterocycles. The van der Waals surface area contributed by atoms with Gasteiger partial charge >= 0.3 is 6.18 Å². The molecule has 0 aliphatic carbocycles. The van der Waals surface area contributed by atoms with Gasteiger partial charge < -0.3 is 15.0 Å². The number of amides is 1. The average Bonchev–Trinajstić information content (AvgIpc) is 3.49. The van der Waals surface area contributed by atoms with Crippen molar-refractivity contribution in [2.24, 2.45) is 4.99 Å². The van der Waals surface area contributed by atoms with E-state index >= 15 is 0 Å². The zero-order valence-corrected chi connectivity index (χ0v) is 20.3. The standard InChI is InChI=1S/C23H25F3N4O2S2/c1-2-3-4-5-6-7-10-32-19-9-8-15(11-16(19)23(24,25)26)27-21-28-17(13-33-21)18-14-34-22-29-20(31)12-30(18)22/h8-9,11,13-14H,2-7,10,12H2,1H3,(H,27,28). The highest BCUT2D eigenvalue weighted by Crippen LogP contribution is 2.40. The lowest BCUT2D eigenvalue weighted by molar-refractivity contribution is -0.138. The van der Waals surface area contributed by atoms with Crippen LogP contribution in [0.5, 0.6) is 5.75 Å². The third kappa shape index (κ3) is 5.93. The summed E-state index contributed by atoms with van der Waals surface area (Å²) in [7, 11) is 0. The fourth-order valence-corrected chi connectivity index (χ4v) is 5.28. The van der Waals surface area contributed by atoms with Crippen molar-refractivity contribution in [2.45, 2.75) is 51.6 Å². The Morgan fingerprint density at radius 2 is 1.97 bits per heavy atom. The van der Waals surface area contributed by atoms with Crippen LogP contribution in [0.15, 0.2) is 34.0 Å². The molecule has 1 aromatic heterocycles. The monoisotopic (exact) mass is 510 g/mol. The van der Waals surface area contributed by atoms with Crippen LogP contribution in [0.25, 0.3) is 5.70 Å². The number of anilines is 2. The molecule has 0 radical (unpaired) electrons. The number of carbonyl (C=O) groups excluding carboxylic acids is 1. The van der Waals surface area contributed by atoms with Crippen LogP contribution in [0, 0.1) is 0 Å². The second-order valence-corrected chi connectivity index (χ2v) is 9.68. The predicted molar refractivity (Wildman–Crippen MR) is 130 cm³/mol. The number of fused-ring (bicyclic) bond motifs is 1. The Hall–Kier alpha value is -2.53. The van der Waals surface area contributed by atoms with Crippen molar-refractivity contribution in [1.29, 1.82) is 0 Å². The van der Waals surface area contributed by atoms with Gasteiger partial charge in [-0.05, 0) is 24.6 Å². The number of carbonyl (C=O) groups is 1. The van der Waals surface area contributed by atoms with Crippen molar-refractivity contribution in [3.05, 3.63) is 40.2 Å². The van der Waals surface area contributed by atoms with Gasteiger partial charge in [-0.15, -0.1) is 11.3 Å². The zero-order chi connectivity index (χ0) is 24.1. The molecule has 34 heavy (non-hydrogen) atoms. The minimum atomic E-state index is -4.54. The molecule has 0 spiro atoms. The van der Waals surface area contributed by atoms with Crippen LogP contribution in [-0.4, -0.2) is 34.1 Å². The third-order valence-corrected chi connectivity index (χ3v) is 6.99. The number of ether oxygens (including phenoxy) is 1. The summed E-state index contributed by atoms with van der Waals surface area (Å²) >= 11 is 2.62. The SMILES string of the molecule is CCCCCCCCOc1ccc(Nc2nc(C3=CSC4=NC(=O)CN34)cs2)cc1C(F)(F)F. The van der Waals surface area contributed by atoms with E-state index < -0.39 is 11.7 Å². The van der Waals surface area contributed by atoms with E-state index in [2.05, 4.69) is 22.2 Å². The first kappa shape index (κ1) is 24.6. The van der Waals surface area contributed by atoms with Gasteiger partial charge in [-0.1, -0.05) is 50.8 Å². The predicted octanol–water partition coefficient (Wildman–Crippen LogP) is 6.89. The highest BCUT2D eigenvalue weighted by molar-refractivity contribution is 8.16. The molecular weight excluding hydrogens is 485 g/mol. The molecule has 1 N–H and O–H groups in total. The van der Waals surface area contributed by atoms with Crippen LogP contribution in [-0.2, 0) is 11.0 Å². The Bertz CT molecular complexity index is 1100. The van der Waals surface area contributed by atoms with Crippen LogP contribution in [0.1, 0.15) is 56.7 Å². The Balaban J connectivity index is 1.39. The summed E-state index contributed by atoms with van der Waals surface area (Å²) in [6.07, 6.45) is 1.68. The molecule has 0 bridgehead atoms. The minimum absolute atomic E-state index is 0.162. The molecule has 0 saturated heterocycles. The molecule has 0 fully saturated rings. The van der Waals surface area contributed by atoms with E-state index in [-0.39, 0.29) is 30.5 Å². The highest BCUT2D eigenvalue weighted by Gasteiger charge is 2.35. The molecule has 0 unspecified atom stereocenters. The summed E-state index contributed by atoms with van der Waals surface area (Å²) in [6.45, 7) is 2.57. The lowest BCUT2D eigenvalue weighted by atomic mass is 10.1. The van der Waals surface area contributed by atoms with Gasteiger partial charge in [0.25, 0.3) is 5.91 Å². The van der Waals surface area contributed by atoms with E-state index in [1.165, 1.54) is 35.6 Å². The van der Waals surface area contributed by atoms with Crippen LogP contribution in [0.3, 0.4) is 0 Å². The fourth-order valence-electron chi connectivity index (χ4n) is 3.65. The number of unbranched alkanes of at least 4 members (excludes halogenated alkanes) is 5. The van der Waals surface area contributed by atoms with Crippen molar-refractivity contribution in [1.82, 2.24) is 9.88 Å². The fraction of sp³-hybridized carbons (Fsp3) is 0.435. The Labute approximate surface area is 204 Å². The number of rotatable bonds is 11. The van der Waals surface area contributed by atoms with E-state index in [1.807, 2.05) is 5.41 Å². The van der Waals surface area contributed by atoms with Crippen LogP contribution >= 0.6 is 23.1 Å².